The fraction of sp³-hybridized carbons (Fsp3) is 0.429. The molecule has 0 unspecified atom stereocenters. The van der Waals surface area contributed by atoms with E-state index in [1.165, 1.54) is 0 Å². The van der Waals surface area contributed by atoms with Crippen molar-refractivity contribution in [3.05, 3.63) is 24.3 Å². The molecule has 0 spiro atoms. The largest absolute Gasteiger partial charge is 0.493 e. The first-order valence-corrected chi connectivity index (χ1v) is 6.43. The fourth-order valence-corrected chi connectivity index (χ4v) is 1.45. The molecular weight excluding hydrogens is 258 g/mol. The lowest BCUT2D eigenvalue weighted by Crippen LogP contribution is -2.20. The normalized spacial score (nSPS) is 9.80. The molecule has 20 heavy (non-hydrogen) atoms. The van der Waals surface area contributed by atoms with Crippen LogP contribution in [0.5, 0.6) is 5.75 Å². The van der Waals surface area contributed by atoms with Gasteiger partial charge in [-0.3, -0.25) is 4.79 Å². The topological polar surface area (TPSA) is 97.4 Å². The second kappa shape index (κ2) is 9.78. The van der Waals surface area contributed by atoms with Gasteiger partial charge in [0.1, 0.15) is 12.4 Å². The number of nitrogens with zero attached hydrogens (tertiary/aromatic N) is 1. The number of ether oxygens (including phenoxy) is 2. The third kappa shape index (κ3) is 6.73. The van der Waals surface area contributed by atoms with Gasteiger partial charge in [-0.05, 0) is 18.6 Å². The molecule has 1 rings (SSSR count). The zero-order chi connectivity index (χ0) is 14.6. The Labute approximate surface area is 118 Å². The first-order valence-electron chi connectivity index (χ1n) is 6.43. The van der Waals surface area contributed by atoms with E-state index >= 15 is 0 Å². The van der Waals surface area contributed by atoms with Crippen LogP contribution in [0.25, 0.3) is 0 Å². The minimum atomic E-state index is -0.236. The smallest absolute Gasteiger partial charge is 0.250 e. The summed E-state index contributed by atoms with van der Waals surface area (Å²) >= 11 is 0. The van der Waals surface area contributed by atoms with E-state index in [1.807, 2.05) is 0 Å². The lowest BCUT2D eigenvalue weighted by Gasteiger charge is -2.09. The van der Waals surface area contributed by atoms with Crippen LogP contribution in [0, 0.1) is 11.3 Å². The number of carbonyl (C=O) groups is 1. The Balaban J connectivity index is 2.39. The Morgan fingerprint density at radius 2 is 2.25 bits per heavy atom. The van der Waals surface area contributed by atoms with Gasteiger partial charge in [0, 0.05) is 24.7 Å². The Bertz CT molecular complexity index is 457. The lowest BCUT2D eigenvalue weighted by atomic mass is 10.3. The van der Waals surface area contributed by atoms with Crippen molar-refractivity contribution >= 4 is 11.6 Å². The van der Waals surface area contributed by atoms with Gasteiger partial charge in [0.2, 0.25) is 5.91 Å². The van der Waals surface area contributed by atoms with E-state index in [4.69, 9.17) is 20.5 Å². The number of rotatable bonds is 9. The standard InChI is InChI=1S/C14H19N3O3/c15-6-1-2-8-20-13-5-3-4-12(10-13)17-14(18)11-19-9-7-16/h3-5,10H,1-2,7-9,11,16H2,(H,17,18). The van der Waals surface area contributed by atoms with Gasteiger partial charge in [0.05, 0.1) is 19.3 Å². The van der Waals surface area contributed by atoms with Crippen molar-refractivity contribution in [1.29, 1.82) is 5.26 Å². The number of nitrogens with one attached hydrogen (secondary N) is 1. The first kappa shape index (κ1) is 16.0. The monoisotopic (exact) mass is 277 g/mol. The molecule has 108 valence electrons. The number of amides is 1. The van der Waals surface area contributed by atoms with Crippen LogP contribution in [-0.2, 0) is 9.53 Å². The minimum absolute atomic E-state index is 0.0234. The molecule has 6 nitrogen and oxygen atoms in total. The molecule has 3 N–H and O–H groups in total. The van der Waals surface area contributed by atoms with Gasteiger partial charge in [-0.25, -0.2) is 0 Å². The second-order valence-electron chi connectivity index (χ2n) is 4.03. The highest BCUT2D eigenvalue weighted by molar-refractivity contribution is 5.91. The maximum Gasteiger partial charge on any atom is 0.250 e. The number of nitrogens with two attached hydrogens (primary N) is 1. The highest BCUT2D eigenvalue weighted by atomic mass is 16.5. The highest BCUT2D eigenvalue weighted by Crippen LogP contribution is 2.17. The average molecular weight is 277 g/mol. The second-order valence-corrected chi connectivity index (χ2v) is 4.03. The molecule has 0 saturated carbocycles. The average Bonchev–Trinajstić information content (AvgIpc) is 2.44. The fourth-order valence-electron chi connectivity index (χ4n) is 1.45. The van der Waals surface area contributed by atoms with E-state index in [2.05, 4.69) is 11.4 Å². The molecule has 0 bridgehead atoms. The third-order valence-electron chi connectivity index (χ3n) is 2.31. The molecule has 0 aliphatic rings. The molecular formula is C14H19N3O3. The van der Waals surface area contributed by atoms with Gasteiger partial charge in [0.15, 0.2) is 0 Å². The number of hydrogen-bond acceptors (Lipinski definition) is 5. The van der Waals surface area contributed by atoms with Crippen molar-refractivity contribution in [3.8, 4) is 11.8 Å². The van der Waals surface area contributed by atoms with Gasteiger partial charge in [-0.1, -0.05) is 6.07 Å². The summed E-state index contributed by atoms with van der Waals surface area (Å²) in [7, 11) is 0. The summed E-state index contributed by atoms with van der Waals surface area (Å²) < 4.78 is 10.5. The summed E-state index contributed by atoms with van der Waals surface area (Å²) in [5.41, 5.74) is 5.90. The van der Waals surface area contributed by atoms with Crippen LogP contribution < -0.4 is 15.8 Å². The van der Waals surface area contributed by atoms with Gasteiger partial charge >= 0.3 is 0 Å². The van der Waals surface area contributed by atoms with Crippen LogP contribution in [-0.4, -0.2) is 32.3 Å². The van der Waals surface area contributed by atoms with Crippen molar-refractivity contribution < 1.29 is 14.3 Å². The molecule has 0 saturated heterocycles. The quantitative estimate of drug-likeness (QED) is 0.663. The summed E-state index contributed by atoms with van der Waals surface area (Å²) in [5.74, 6) is 0.420. The summed E-state index contributed by atoms with van der Waals surface area (Å²) in [4.78, 5) is 11.5. The van der Waals surface area contributed by atoms with Gasteiger partial charge in [-0.2, -0.15) is 5.26 Å². The van der Waals surface area contributed by atoms with Crippen LogP contribution in [0.3, 0.4) is 0 Å². The van der Waals surface area contributed by atoms with Crippen LogP contribution in [0.4, 0.5) is 5.69 Å². The maximum atomic E-state index is 11.5. The van der Waals surface area contributed by atoms with Crippen LogP contribution >= 0.6 is 0 Å². The van der Waals surface area contributed by atoms with Crippen molar-refractivity contribution in [1.82, 2.24) is 0 Å². The summed E-state index contributed by atoms with van der Waals surface area (Å²) in [6.07, 6.45) is 1.15. The molecule has 0 atom stereocenters. The van der Waals surface area contributed by atoms with Crippen LogP contribution in [0.2, 0.25) is 0 Å². The van der Waals surface area contributed by atoms with Crippen molar-refractivity contribution in [2.45, 2.75) is 12.8 Å². The molecule has 1 aromatic rings. The van der Waals surface area contributed by atoms with E-state index in [0.717, 1.165) is 0 Å². The highest BCUT2D eigenvalue weighted by Gasteiger charge is 2.03. The number of unbranched alkanes of at least 4 members (excludes halogenated alkanes) is 1. The molecule has 6 heteroatoms. The summed E-state index contributed by atoms with van der Waals surface area (Å²) in [5, 5.41) is 11.1. The molecule has 0 aliphatic heterocycles. The Morgan fingerprint density at radius 3 is 3.00 bits per heavy atom. The molecule has 1 aromatic carbocycles. The first-order chi connectivity index (χ1) is 9.76. The number of hydrogen-bond donors (Lipinski definition) is 2. The molecule has 0 radical (unpaired) electrons. The predicted octanol–water partition coefficient (Wildman–Crippen LogP) is 1.28. The molecule has 0 aliphatic carbocycles. The predicted molar refractivity (Wildman–Crippen MR) is 75.3 cm³/mol. The third-order valence-corrected chi connectivity index (χ3v) is 2.31. The Hall–Kier alpha value is -2.10. The van der Waals surface area contributed by atoms with E-state index in [1.54, 1.807) is 24.3 Å². The zero-order valence-electron chi connectivity index (χ0n) is 11.3. The molecule has 0 heterocycles. The number of nitriles is 1. The SMILES string of the molecule is N#CCCCOc1cccc(NC(=O)COCCN)c1. The lowest BCUT2D eigenvalue weighted by molar-refractivity contribution is -0.120. The van der Waals surface area contributed by atoms with E-state index < -0.39 is 0 Å². The number of anilines is 1. The maximum absolute atomic E-state index is 11.5. The van der Waals surface area contributed by atoms with E-state index in [9.17, 15) is 4.79 Å². The van der Waals surface area contributed by atoms with Gasteiger partial charge in [-0.15, -0.1) is 0 Å². The minimum Gasteiger partial charge on any atom is -0.493 e. The van der Waals surface area contributed by atoms with Crippen molar-refractivity contribution in [3.63, 3.8) is 0 Å². The Morgan fingerprint density at radius 1 is 1.40 bits per heavy atom. The van der Waals surface area contributed by atoms with Crippen molar-refractivity contribution in [2.24, 2.45) is 5.73 Å². The molecule has 1 amide bonds. The number of benzene rings is 1. The van der Waals surface area contributed by atoms with E-state index in [0.29, 0.717) is 44.0 Å². The van der Waals surface area contributed by atoms with Crippen LogP contribution in [0.15, 0.2) is 24.3 Å². The number of carbonyl (C=O) groups excluding carboxylic acids is 1. The van der Waals surface area contributed by atoms with Gasteiger partial charge < -0.3 is 20.5 Å². The Kier molecular flexibility index (Phi) is 7.80. The molecule has 0 aromatic heterocycles. The van der Waals surface area contributed by atoms with Gasteiger partial charge in [0.25, 0.3) is 0 Å². The molecule has 0 fully saturated rings. The van der Waals surface area contributed by atoms with E-state index in [-0.39, 0.29) is 12.5 Å². The van der Waals surface area contributed by atoms with Crippen molar-refractivity contribution in [2.75, 3.05) is 31.7 Å². The zero-order valence-corrected chi connectivity index (χ0v) is 11.3. The summed E-state index contributed by atoms with van der Waals surface area (Å²) in [6.45, 7) is 1.20. The summed E-state index contributed by atoms with van der Waals surface area (Å²) in [6, 6.07) is 9.14. The van der Waals surface area contributed by atoms with Crippen LogP contribution in [0.1, 0.15) is 12.8 Å².